The van der Waals surface area contributed by atoms with Crippen LogP contribution in [0.2, 0.25) is 0 Å². The van der Waals surface area contributed by atoms with E-state index in [1.54, 1.807) is 12.3 Å². The highest BCUT2D eigenvalue weighted by Crippen LogP contribution is 2.30. The Kier molecular flexibility index (Phi) is 3.54. The number of nitrogens with zero attached hydrogens (tertiary/aromatic N) is 3. The van der Waals surface area contributed by atoms with E-state index in [4.69, 9.17) is 5.26 Å². The van der Waals surface area contributed by atoms with Gasteiger partial charge in [0, 0.05) is 15.6 Å². The summed E-state index contributed by atoms with van der Waals surface area (Å²) in [6.07, 6.45) is 1.59. The zero-order chi connectivity index (χ0) is 11.4. The zero-order valence-electron chi connectivity index (χ0n) is 8.09. The third-order valence-corrected chi connectivity index (χ3v) is 3.70. The second-order valence-electron chi connectivity index (χ2n) is 2.87. The maximum absolute atomic E-state index is 8.72. The first-order chi connectivity index (χ1) is 7.79. The molecule has 2 rings (SSSR count). The fraction of sp³-hybridized carbons (Fsp3) is 0. The van der Waals surface area contributed by atoms with Crippen molar-refractivity contribution in [2.24, 2.45) is 0 Å². The highest BCUT2D eigenvalue weighted by Gasteiger charge is 2.04. The van der Waals surface area contributed by atoms with Crippen molar-refractivity contribution in [3.8, 4) is 6.07 Å². The lowest BCUT2D eigenvalue weighted by Crippen LogP contribution is -1.89. The predicted molar refractivity (Wildman–Crippen MR) is 65.0 cm³/mol. The van der Waals surface area contributed by atoms with Crippen LogP contribution in [0.4, 0.5) is 0 Å². The summed E-state index contributed by atoms with van der Waals surface area (Å²) < 4.78 is 0.992. The molecule has 0 saturated carbocycles. The van der Waals surface area contributed by atoms with E-state index in [1.807, 2.05) is 30.3 Å². The summed E-state index contributed by atoms with van der Waals surface area (Å²) in [6, 6.07) is 11.4. The molecule has 78 valence electrons. The van der Waals surface area contributed by atoms with Gasteiger partial charge >= 0.3 is 0 Å². The van der Waals surface area contributed by atoms with Crippen molar-refractivity contribution in [1.29, 1.82) is 5.26 Å². The van der Waals surface area contributed by atoms with E-state index in [0.29, 0.717) is 10.9 Å². The van der Waals surface area contributed by atoms with E-state index >= 15 is 0 Å². The highest BCUT2D eigenvalue weighted by molar-refractivity contribution is 9.10. The fourth-order valence-corrected chi connectivity index (χ4v) is 2.37. The third kappa shape index (κ3) is 2.60. The van der Waals surface area contributed by atoms with Gasteiger partial charge in [-0.05, 0) is 45.9 Å². The summed E-state index contributed by atoms with van der Waals surface area (Å²) in [5, 5.41) is 9.30. The molecule has 16 heavy (non-hydrogen) atoms. The second-order valence-corrected chi connectivity index (χ2v) is 4.73. The smallest absolute Gasteiger partial charge is 0.193 e. The second kappa shape index (κ2) is 5.10. The summed E-state index contributed by atoms with van der Waals surface area (Å²) in [5.41, 5.74) is 0.379. The van der Waals surface area contributed by atoms with Crippen LogP contribution in [-0.2, 0) is 0 Å². The van der Waals surface area contributed by atoms with Crippen LogP contribution >= 0.6 is 27.7 Å². The molecule has 0 bridgehead atoms. The van der Waals surface area contributed by atoms with E-state index in [0.717, 1.165) is 9.37 Å². The van der Waals surface area contributed by atoms with Crippen LogP contribution in [0.1, 0.15) is 5.69 Å². The molecule has 0 aliphatic rings. The number of nitriles is 1. The normalized spacial score (nSPS) is 9.75. The largest absolute Gasteiger partial charge is 0.231 e. The van der Waals surface area contributed by atoms with Crippen LogP contribution in [0, 0.1) is 11.3 Å². The number of aromatic nitrogens is 2. The molecule has 0 radical (unpaired) electrons. The molecular weight excluding hydrogens is 286 g/mol. The lowest BCUT2D eigenvalue weighted by atomic mass is 10.4. The van der Waals surface area contributed by atoms with Crippen molar-refractivity contribution < 1.29 is 0 Å². The minimum Gasteiger partial charge on any atom is -0.231 e. The molecule has 2 aromatic rings. The first-order valence-electron chi connectivity index (χ1n) is 4.45. The minimum atomic E-state index is 0.379. The average Bonchev–Trinajstić information content (AvgIpc) is 2.32. The van der Waals surface area contributed by atoms with Gasteiger partial charge in [-0.25, -0.2) is 9.97 Å². The molecule has 1 aromatic carbocycles. The molecule has 0 amide bonds. The Hall–Kier alpha value is -1.38. The quantitative estimate of drug-likeness (QED) is 0.797. The third-order valence-electron chi connectivity index (χ3n) is 1.79. The lowest BCUT2D eigenvalue weighted by molar-refractivity contribution is 0.952. The average molecular weight is 292 g/mol. The van der Waals surface area contributed by atoms with Crippen LogP contribution in [0.25, 0.3) is 0 Å². The maximum Gasteiger partial charge on any atom is 0.193 e. The molecule has 5 heteroatoms. The standard InChI is InChI=1S/C11H6BrN3S/c12-9-3-1-2-4-10(9)16-11-14-6-5-8(7-13)15-11/h1-6H. The van der Waals surface area contributed by atoms with Crippen molar-refractivity contribution in [3.63, 3.8) is 0 Å². The van der Waals surface area contributed by atoms with Gasteiger partial charge in [0.1, 0.15) is 11.8 Å². The Balaban J connectivity index is 2.28. The van der Waals surface area contributed by atoms with E-state index < -0.39 is 0 Å². The monoisotopic (exact) mass is 291 g/mol. The number of hydrogen-bond acceptors (Lipinski definition) is 4. The number of halogens is 1. The minimum absolute atomic E-state index is 0.379. The molecule has 0 fully saturated rings. The van der Waals surface area contributed by atoms with Gasteiger partial charge in [0.15, 0.2) is 5.16 Å². The van der Waals surface area contributed by atoms with Crippen LogP contribution in [0.5, 0.6) is 0 Å². The van der Waals surface area contributed by atoms with E-state index in [-0.39, 0.29) is 0 Å². The first kappa shape index (κ1) is 11.1. The Morgan fingerprint density at radius 1 is 1.25 bits per heavy atom. The summed E-state index contributed by atoms with van der Waals surface area (Å²) in [7, 11) is 0. The Morgan fingerprint density at radius 2 is 2.06 bits per heavy atom. The van der Waals surface area contributed by atoms with Crippen molar-refractivity contribution in [3.05, 3.63) is 46.7 Å². The van der Waals surface area contributed by atoms with Gasteiger partial charge in [-0.3, -0.25) is 0 Å². The van der Waals surface area contributed by atoms with Crippen LogP contribution in [0.15, 0.2) is 51.1 Å². The van der Waals surface area contributed by atoms with Crippen molar-refractivity contribution >= 4 is 27.7 Å². The summed E-state index contributed by atoms with van der Waals surface area (Å²) >= 11 is 4.87. The zero-order valence-corrected chi connectivity index (χ0v) is 10.5. The van der Waals surface area contributed by atoms with Crippen LogP contribution < -0.4 is 0 Å². The van der Waals surface area contributed by atoms with Crippen LogP contribution in [0.3, 0.4) is 0 Å². The van der Waals surface area contributed by atoms with E-state index in [2.05, 4.69) is 25.9 Å². The van der Waals surface area contributed by atoms with Crippen LogP contribution in [-0.4, -0.2) is 9.97 Å². The Labute approximate surface area is 106 Å². The summed E-state index contributed by atoms with van der Waals surface area (Å²) in [4.78, 5) is 9.23. The molecule has 0 atom stereocenters. The van der Waals surface area contributed by atoms with Gasteiger partial charge < -0.3 is 0 Å². The summed E-state index contributed by atoms with van der Waals surface area (Å²) in [6.45, 7) is 0. The topological polar surface area (TPSA) is 49.6 Å². The van der Waals surface area contributed by atoms with Crippen molar-refractivity contribution in [2.75, 3.05) is 0 Å². The molecule has 3 nitrogen and oxygen atoms in total. The Bertz CT molecular complexity index is 551. The molecule has 0 aliphatic heterocycles. The SMILES string of the molecule is N#Cc1ccnc(Sc2ccccc2Br)n1. The summed E-state index contributed by atoms with van der Waals surface area (Å²) in [5.74, 6) is 0. The van der Waals surface area contributed by atoms with Gasteiger partial charge in [-0.1, -0.05) is 12.1 Å². The van der Waals surface area contributed by atoms with Crippen molar-refractivity contribution in [2.45, 2.75) is 10.1 Å². The molecule has 0 N–H and O–H groups in total. The Morgan fingerprint density at radius 3 is 2.81 bits per heavy atom. The highest BCUT2D eigenvalue weighted by atomic mass is 79.9. The van der Waals surface area contributed by atoms with Gasteiger partial charge in [0.2, 0.25) is 0 Å². The molecular formula is C11H6BrN3S. The molecule has 0 saturated heterocycles. The lowest BCUT2D eigenvalue weighted by Gasteiger charge is -2.01. The number of hydrogen-bond donors (Lipinski definition) is 0. The maximum atomic E-state index is 8.72. The van der Waals surface area contributed by atoms with Gasteiger partial charge in [-0.2, -0.15) is 5.26 Å². The molecule has 0 aliphatic carbocycles. The molecule has 1 heterocycles. The molecule has 1 aromatic heterocycles. The van der Waals surface area contributed by atoms with Gasteiger partial charge in [0.25, 0.3) is 0 Å². The fourth-order valence-electron chi connectivity index (χ4n) is 1.08. The molecule has 0 spiro atoms. The van der Waals surface area contributed by atoms with E-state index in [1.165, 1.54) is 11.8 Å². The number of rotatable bonds is 2. The first-order valence-corrected chi connectivity index (χ1v) is 6.06. The van der Waals surface area contributed by atoms with E-state index in [9.17, 15) is 0 Å². The van der Waals surface area contributed by atoms with Gasteiger partial charge in [0.05, 0.1) is 0 Å². The number of benzene rings is 1. The van der Waals surface area contributed by atoms with Gasteiger partial charge in [-0.15, -0.1) is 0 Å². The van der Waals surface area contributed by atoms with Crippen molar-refractivity contribution in [1.82, 2.24) is 9.97 Å². The molecule has 0 unspecified atom stereocenters. The predicted octanol–water partition coefficient (Wildman–Crippen LogP) is 3.26.